The molecular formula is C21H23N3O3. The van der Waals surface area contributed by atoms with Gasteiger partial charge in [0.15, 0.2) is 0 Å². The van der Waals surface area contributed by atoms with Crippen LogP contribution in [0.5, 0.6) is 0 Å². The second kappa shape index (κ2) is 7.39. The average Bonchev–Trinajstić information content (AvgIpc) is 3.16. The van der Waals surface area contributed by atoms with E-state index in [-0.39, 0.29) is 11.9 Å². The molecule has 140 valence electrons. The smallest absolute Gasteiger partial charge is 0.337 e. The molecule has 6 nitrogen and oxygen atoms in total. The molecule has 2 aliphatic heterocycles. The Morgan fingerprint density at radius 2 is 1.89 bits per heavy atom. The van der Waals surface area contributed by atoms with Crippen molar-refractivity contribution in [3.63, 3.8) is 0 Å². The molecule has 0 atom stereocenters. The molecule has 2 aliphatic rings. The number of carbonyl (C=O) groups excluding carboxylic acids is 2. The molecule has 0 saturated carbocycles. The minimum atomic E-state index is -0.359. The second-order valence-electron chi connectivity index (χ2n) is 6.96. The van der Waals surface area contributed by atoms with Gasteiger partial charge in [0.1, 0.15) is 5.82 Å². The normalized spacial score (nSPS) is 16.2. The van der Waals surface area contributed by atoms with Gasteiger partial charge in [-0.1, -0.05) is 0 Å². The van der Waals surface area contributed by atoms with E-state index in [4.69, 9.17) is 4.74 Å². The number of rotatable bonds is 3. The van der Waals surface area contributed by atoms with E-state index >= 15 is 0 Å². The molecule has 0 bridgehead atoms. The van der Waals surface area contributed by atoms with Gasteiger partial charge < -0.3 is 14.5 Å². The maximum absolute atomic E-state index is 13.3. The number of ether oxygens (including phenoxy) is 1. The highest BCUT2D eigenvalue weighted by molar-refractivity contribution is 6.10. The Morgan fingerprint density at radius 3 is 2.67 bits per heavy atom. The van der Waals surface area contributed by atoms with Gasteiger partial charge in [-0.25, -0.2) is 9.78 Å². The van der Waals surface area contributed by atoms with Gasteiger partial charge in [-0.2, -0.15) is 0 Å². The predicted octanol–water partition coefficient (Wildman–Crippen LogP) is 3.06. The zero-order valence-corrected chi connectivity index (χ0v) is 15.5. The van der Waals surface area contributed by atoms with Crippen LogP contribution >= 0.6 is 0 Å². The lowest BCUT2D eigenvalue weighted by Crippen LogP contribution is -2.35. The number of hydrogen-bond donors (Lipinski definition) is 0. The van der Waals surface area contributed by atoms with E-state index in [0.29, 0.717) is 17.7 Å². The number of esters is 1. The minimum absolute atomic E-state index is 0.0340. The van der Waals surface area contributed by atoms with Crippen LogP contribution in [0, 0.1) is 0 Å². The van der Waals surface area contributed by atoms with Crippen LogP contribution in [0.1, 0.15) is 45.5 Å². The van der Waals surface area contributed by atoms with Crippen LogP contribution < -0.4 is 9.80 Å². The maximum Gasteiger partial charge on any atom is 0.337 e. The van der Waals surface area contributed by atoms with Crippen LogP contribution in [0.3, 0.4) is 0 Å². The highest BCUT2D eigenvalue weighted by atomic mass is 16.5. The van der Waals surface area contributed by atoms with Gasteiger partial charge in [-0.3, -0.25) is 4.79 Å². The van der Waals surface area contributed by atoms with Crippen LogP contribution in [0.4, 0.5) is 11.5 Å². The lowest BCUT2D eigenvalue weighted by Gasteiger charge is -2.30. The topological polar surface area (TPSA) is 62.7 Å². The molecule has 1 fully saturated rings. The lowest BCUT2D eigenvalue weighted by atomic mass is 10.1. The first-order valence-corrected chi connectivity index (χ1v) is 9.42. The molecule has 6 heteroatoms. The quantitative estimate of drug-likeness (QED) is 0.783. The first-order valence-electron chi connectivity index (χ1n) is 9.42. The Bertz CT molecular complexity index is 875. The predicted molar refractivity (Wildman–Crippen MR) is 103 cm³/mol. The van der Waals surface area contributed by atoms with Crippen LogP contribution in [0.15, 0.2) is 36.5 Å². The monoisotopic (exact) mass is 365 g/mol. The van der Waals surface area contributed by atoms with Crippen molar-refractivity contribution in [1.82, 2.24) is 4.98 Å². The largest absolute Gasteiger partial charge is 0.465 e. The molecule has 0 N–H and O–H groups in total. The number of nitrogens with zero attached hydrogens (tertiary/aromatic N) is 3. The van der Waals surface area contributed by atoms with Crippen molar-refractivity contribution >= 4 is 23.4 Å². The fourth-order valence-electron chi connectivity index (χ4n) is 3.92. The average molecular weight is 365 g/mol. The van der Waals surface area contributed by atoms with E-state index in [1.54, 1.807) is 17.2 Å². The number of anilines is 2. The van der Waals surface area contributed by atoms with Crippen molar-refractivity contribution in [2.45, 2.75) is 25.7 Å². The van der Waals surface area contributed by atoms with E-state index in [1.165, 1.54) is 13.5 Å². The SMILES string of the molecule is COC(=O)c1ccc2c(c1)CCN2C(=O)c1cccnc1N1CCCCC1. The van der Waals surface area contributed by atoms with Gasteiger partial charge in [-0.05, 0) is 61.6 Å². The molecule has 1 amide bonds. The third-order valence-electron chi connectivity index (χ3n) is 5.31. The summed E-state index contributed by atoms with van der Waals surface area (Å²) in [5, 5.41) is 0. The van der Waals surface area contributed by atoms with Gasteiger partial charge in [0.25, 0.3) is 5.91 Å². The number of amides is 1. The first kappa shape index (κ1) is 17.5. The molecule has 1 aromatic carbocycles. The lowest BCUT2D eigenvalue weighted by molar-refractivity contribution is 0.0600. The van der Waals surface area contributed by atoms with Crippen molar-refractivity contribution < 1.29 is 14.3 Å². The third kappa shape index (κ3) is 3.27. The van der Waals surface area contributed by atoms with Crippen LogP contribution in [-0.2, 0) is 11.2 Å². The minimum Gasteiger partial charge on any atom is -0.465 e. The van der Waals surface area contributed by atoms with Crippen molar-refractivity contribution in [3.8, 4) is 0 Å². The standard InChI is InChI=1S/C21H23N3O3/c1-27-21(26)16-7-8-18-15(14-16)9-13-24(18)20(25)17-6-5-10-22-19(17)23-11-3-2-4-12-23/h5-8,10,14H,2-4,9,11-13H2,1H3. The van der Waals surface area contributed by atoms with Gasteiger partial charge in [-0.15, -0.1) is 0 Å². The summed E-state index contributed by atoms with van der Waals surface area (Å²) in [6, 6.07) is 9.05. The van der Waals surface area contributed by atoms with Crippen molar-refractivity contribution in [2.75, 3.05) is 36.5 Å². The second-order valence-corrected chi connectivity index (χ2v) is 6.96. The summed E-state index contributed by atoms with van der Waals surface area (Å²) in [6.07, 6.45) is 5.97. The number of pyridine rings is 1. The number of carbonyl (C=O) groups is 2. The molecule has 0 unspecified atom stereocenters. The molecule has 27 heavy (non-hydrogen) atoms. The summed E-state index contributed by atoms with van der Waals surface area (Å²) >= 11 is 0. The number of piperidine rings is 1. The maximum atomic E-state index is 13.3. The van der Waals surface area contributed by atoms with Crippen molar-refractivity contribution in [1.29, 1.82) is 0 Å². The van der Waals surface area contributed by atoms with Crippen LogP contribution in [-0.4, -0.2) is 43.6 Å². The Balaban J connectivity index is 1.63. The molecule has 2 aromatic rings. The van der Waals surface area contributed by atoms with E-state index in [1.807, 2.05) is 24.3 Å². The van der Waals surface area contributed by atoms with Gasteiger partial charge in [0, 0.05) is 31.5 Å². The molecule has 1 saturated heterocycles. The van der Waals surface area contributed by atoms with Crippen molar-refractivity contribution in [2.24, 2.45) is 0 Å². The number of methoxy groups -OCH3 is 1. The third-order valence-corrected chi connectivity index (χ3v) is 5.31. The molecular weight excluding hydrogens is 342 g/mol. The zero-order chi connectivity index (χ0) is 18.8. The van der Waals surface area contributed by atoms with Crippen LogP contribution in [0.25, 0.3) is 0 Å². The van der Waals surface area contributed by atoms with Gasteiger partial charge in [0.2, 0.25) is 0 Å². The summed E-state index contributed by atoms with van der Waals surface area (Å²) in [6.45, 7) is 2.49. The van der Waals surface area contributed by atoms with E-state index in [2.05, 4.69) is 9.88 Å². The summed E-state index contributed by atoms with van der Waals surface area (Å²) in [5.41, 5.74) is 3.01. The number of aromatic nitrogens is 1. The highest BCUT2D eigenvalue weighted by Gasteiger charge is 2.29. The molecule has 0 aliphatic carbocycles. The Labute approximate surface area is 158 Å². The molecule has 3 heterocycles. The number of fused-ring (bicyclic) bond motifs is 1. The van der Waals surface area contributed by atoms with Crippen molar-refractivity contribution in [3.05, 3.63) is 53.2 Å². The molecule has 0 radical (unpaired) electrons. The number of benzene rings is 1. The summed E-state index contributed by atoms with van der Waals surface area (Å²) in [4.78, 5) is 33.6. The van der Waals surface area contributed by atoms with E-state index in [9.17, 15) is 9.59 Å². The fraction of sp³-hybridized carbons (Fsp3) is 0.381. The number of hydrogen-bond acceptors (Lipinski definition) is 5. The molecule has 1 aromatic heterocycles. The van der Waals surface area contributed by atoms with Gasteiger partial charge >= 0.3 is 5.97 Å². The Morgan fingerprint density at radius 1 is 1.07 bits per heavy atom. The molecule has 0 spiro atoms. The molecule has 4 rings (SSSR count). The fourth-order valence-corrected chi connectivity index (χ4v) is 3.92. The van der Waals surface area contributed by atoms with Crippen LogP contribution in [0.2, 0.25) is 0 Å². The van der Waals surface area contributed by atoms with Gasteiger partial charge in [0.05, 0.1) is 18.2 Å². The Hall–Kier alpha value is -2.89. The Kier molecular flexibility index (Phi) is 4.79. The summed E-state index contributed by atoms with van der Waals surface area (Å²) < 4.78 is 4.79. The van der Waals surface area contributed by atoms with E-state index < -0.39 is 0 Å². The summed E-state index contributed by atoms with van der Waals surface area (Å²) in [7, 11) is 1.37. The highest BCUT2D eigenvalue weighted by Crippen LogP contribution is 2.32. The summed E-state index contributed by atoms with van der Waals surface area (Å²) in [5.74, 6) is 0.386. The van der Waals surface area contributed by atoms with E-state index in [0.717, 1.165) is 49.4 Å². The zero-order valence-electron chi connectivity index (χ0n) is 15.5. The first-order chi connectivity index (χ1) is 13.2.